The lowest BCUT2D eigenvalue weighted by Gasteiger charge is -2.29. The average molecular weight is 486 g/mol. The molecule has 176 valence electrons. The molecule has 0 radical (unpaired) electrons. The Labute approximate surface area is 206 Å². The number of rotatable bonds is 9. The minimum atomic E-state index is 0.437. The van der Waals surface area contributed by atoms with E-state index in [2.05, 4.69) is 33.7 Å². The number of anilines is 2. The zero-order valence-electron chi connectivity index (χ0n) is 19.5. The number of nitrogens with zero attached hydrogens (tertiary/aromatic N) is 3. The fourth-order valence-electron chi connectivity index (χ4n) is 4.58. The first-order valence-electron chi connectivity index (χ1n) is 11.8. The lowest BCUT2D eigenvalue weighted by atomic mass is 9.86. The molecule has 1 aliphatic carbocycles. The lowest BCUT2D eigenvalue weighted by Crippen LogP contribution is -2.32. The molecule has 0 bridgehead atoms. The molecule has 1 fully saturated rings. The highest BCUT2D eigenvalue weighted by molar-refractivity contribution is 6.42. The normalized spacial score (nSPS) is 18.4. The van der Waals surface area contributed by atoms with Gasteiger partial charge in [-0.25, -0.2) is 4.98 Å². The monoisotopic (exact) mass is 485 g/mol. The van der Waals surface area contributed by atoms with Crippen molar-refractivity contribution >= 4 is 45.9 Å². The van der Waals surface area contributed by atoms with Crippen LogP contribution >= 0.6 is 23.2 Å². The predicted octanol–water partition coefficient (Wildman–Crippen LogP) is 6.20. The molecule has 3 aromatic rings. The molecule has 0 unspecified atom stereocenters. The summed E-state index contributed by atoms with van der Waals surface area (Å²) in [5.74, 6) is 2.44. The number of nitrogens with one attached hydrogen (secondary N) is 2. The number of fused-ring (bicyclic) bond motifs is 1. The third-order valence-electron chi connectivity index (χ3n) is 6.42. The van der Waals surface area contributed by atoms with Gasteiger partial charge >= 0.3 is 0 Å². The van der Waals surface area contributed by atoms with Crippen molar-refractivity contribution < 1.29 is 0 Å². The van der Waals surface area contributed by atoms with E-state index in [1.807, 2.05) is 38.4 Å². The first kappa shape index (κ1) is 24.1. The van der Waals surface area contributed by atoms with Crippen LogP contribution in [0.1, 0.15) is 37.7 Å². The maximum atomic E-state index is 6.10. The second kappa shape index (κ2) is 11.4. The quantitative estimate of drug-likeness (QED) is 0.353. The maximum absolute atomic E-state index is 6.10. The van der Waals surface area contributed by atoms with Crippen LogP contribution in [0, 0.1) is 5.92 Å². The van der Waals surface area contributed by atoms with Gasteiger partial charge in [0.1, 0.15) is 5.82 Å². The van der Waals surface area contributed by atoms with Crippen LogP contribution < -0.4 is 15.5 Å². The Hall–Kier alpha value is -2.08. The van der Waals surface area contributed by atoms with Gasteiger partial charge in [-0.1, -0.05) is 41.4 Å². The first-order chi connectivity index (χ1) is 16.0. The van der Waals surface area contributed by atoms with Crippen molar-refractivity contribution in [3.63, 3.8) is 0 Å². The second-order valence-electron chi connectivity index (χ2n) is 9.20. The molecule has 1 saturated carbocycles. The fraction of sp³-hybridized carbons (Fsp3) is 0.462. The van der Waals surface area contributed by atoms with Gasteiger partial charge in [-0.15, -0.1) is 0 Å². The summed E-state index contributed by atoms with van der Waals surface area (Å²) < 4.78 is 0. The number of aryl methyl sites for hydroxylation is 1. The van der Waals surface area contributed by atoms with Crippen molar-refractivity contribution in [1.82, 2.24) is 15.3 Å². The van der Waals surface area contributed by atoms with E-state index >= 15 is 0 Å². The van der Waals surface area contributed by atoms with Crippen LogP contribution in [-0.4, -0.2) is 43.2 Å². The minimum Gasteiger partial charge on any atom is -0.362 e. The second-order valence-corrected chi connectivity index (χ2v) is 10.0. The highest BCUT2D eigenvalue weighted by atomic mass is 35.5. The number of benzene rings is 2. The number of halogens is 2. The van der Waals surface area contributed by atoms with Gasteiger partial charge < -0.3 is 15.5 Å². The molecule has 1 aromatic heterocycles. The average Bonchev–Trinajstić information content (AvgIpc) is 2.81. The molecule has 7 heteroatoms. The molecule has 1 aliphatic rings. The van der Waals surface area contributed by atoms with Crippen LogP contribution in [-0.2, 0) is 6.42 Å². The number of aromatic nitrogens is 2. The Morgan fingerprint density at radius 1 is 0.970 bits per heavy atom. The van der Waals surface area contributed by atoms with Crippen molar-refractivity contribution in [2.45, 2.75) is 44.6 Å². The maximum Gasteiger partial charge on any atom is 0.225 e. The molecule has 1 heterocycles. The summed E-state index contributed by atoms with van der Waals surface area (Å²) in [5.41, 5.74) is 2.23. The lowest BCUT2D eigenvalue weighted by molar-refractivity contribution is 0.324. The van der Waals surface area contributed by atoms with Crippen molar-refractivity contribution in [3.8, 4) is 0 Å². The van der Waals surface area contributed by atoms with Gasteiger partial charge in [0.25, 0.3) is 0 Å². The van der Waals surface area contributed by atoms with Crippen LogP contribution in [0.3, 0.4) is 0 Å². The van der Waals surface area contributed by atoms with Crippen LogP contribution in [0.15, 0.2) is 42.5 Å². The van der Waals surface area contributed by atoms with Crippen LogP contribution in [0.2, 0.25) is 10.0 Å². The first-order valence-corrected chi connectivity index (χ1v) is 12.6. The Balaban J connectivity index is 1.20. The topological polar surface area (TPSA) is 53.1 Å². The molecule has 4 rings (SSSR count). The van der Waals surface area contributed by atoms with E-state index in [9.17, 15) is 0 Å². The zero-order chi connectivity index (χ0) is 23.2. The van der Waals surface area contributed by atoms with E-state index < -0.39 is 0 Å². The SMILES string of the molecule is CN(C)c1nc(NC2CCC(CNCCCc3ccc(Cl)c(Cl)c3)CC2)nc2ccccc12. The highest BCUT2D eigenvalue weighted by Crippen LogP contribution is 2.28. The molecule has 2 aromatic carbocycles. The highest BCUT2D eigenvalue weighted by Gasteiger charge is 2.22. The Bertz CT molecular complexity index is 1060. The molecule has 2 N–H and O–H groups in total. The summed E-state index contributed by atoms with van der Waals surface area (Å²) in [6.45, 7) is 2.11. The number of para-hydroxylation sites is 1. The van der Waals surface area contributed by atoms with Crippen molar-refractivity contribution in [3.05, 3.63) is 58.1 Å². The molecule has 0 spiro atoms. The fourth-order valence-corrected chi connectivity index (χ4v) is 4.90. The number of hydrogen-bond acceptors (Lipinski definition) is 5. The van der Waals surface area contributed by atoms with Gasteiger partial charge in [-0.3, -0.25) is 0 Å². The molecule has 0 amide bonds. The van der Waals surface area contributed by atoms with Gasteiger partial charge in [0.2, 0.25) is 5.95 Å². The summed E-state index contributed by atoms with van der Waals surface area (Å²) in [5, 5.41) is 9.59. The van der Waals surface area contributed by atoms with Gasteiger partial charge in [0.15, 0.2) is 0 Å². The van der Waals surface area contributed by atoms with Crippen LogP contribution in [0.4, 0.5) is 11.8 Å². The van der Waals surface area contributed by atoms with E-state index in [0.717, 1.165) is 67.4 Å². The Morgan fingerprint density at radius 3 is 2.52 bits per heavy atom. The van der Waals surface area contributed by atoms with Gasteiger partial charge in [0, 0.05) is 25.5 Å². The van der Waals surface area contributed by atoms with Crippen LogP contribution in [0.5, 0.6) is 0 Å². The molecule has 33 heavy (non-hydrogen) atoms. The van der Waals surface area contributed by atoms with Crippen molar-refractivity contribution in [2.24, 2.45) is 5.92 Å². The van der Waals surface area contributed by atoms with Crippen LogP contribution in [0.25, 0.3) is 10.9 Å². The Kier molecular flexibility index (Phi) is 8.29. The summed E-state index contributed by atoms with van der Waals surface area (Å²) in [6, 6.07) is 14.5. The number of hydrogen-bond donors (Lipinski definition) is 2. The molecular weight excluding hydrogens is 453 g/mol. The van der Waals surface area contributed by atoms with E-state index in [1.165, 1.54) is 18.4 Å². The van der Waals surface area contributed by atoms with Gasteiger partial charge in [-0.2, -0.15) is 4.98 Å². The molecule has 5 nitrogen and oxygen atoms in total. The largest absolute Gasteiger partial charge is 0.362 e. The molecule has 0 saturated heterocycles. The summed E-state index contributed by atoms with van der Waals surface area (Å²) >= 11 is 12.1. The summed E-state index contributed by atoms with van der Waals surface area (Å²) in [4.78, 5) is 11.6. The van der Waals surface area contributed by atoms with E-state index in [4.69, 9.17) is 33.2 Å². The van der Waals surface area contributed by atoms with E-state index in [0.29, 0.717) is 16.1 Å². The van der Waals surface area contributed by atoms with Crippen molar-refractivity contribution in [1.29, 1.82) is 0 Å². The van der Waals surface area contributed by atoms with Gasteiger partial charge in [0.05, 0.1) is 15.6 Å². The van der Waals surface area contributed by atoms with Crippen molar-refractivity contribution in [2.75, 3.05) is 37.4 Å². The van der Waals surface area contributed by atoms with E-state index in [1.54, 1.807) is 0 Å². The summed E-state index contributed by atoms with van der Waals surface area (Å²) in [7, 11) is 4.06. The smallest absolute Gasteiger partial charge is 0.225 e. The Morgan fingerprint density at radius 2 is 1.76 bits per heavy atom. The minimum absolute atomic E-state index is 0.437. The van der Waals surface area contributed by atoms with Gasteiger partial charge in [-0.05, 0) is 87.4 Å². The molecule has 0 aliphatic heterocycles. The van der Waals surface area contributed by atoms with E-state index in [-0.39, 0.29) is 0 Å². The standard InChI is InChI=1S/C26H33Cl2N5/c1-33(2)25-21-7-3-4-8-24(21)31-26(32-25)30-20-12-9-19(10-13-20)17-29-15-5-6-18-11-14-22(27)23(28)16-18/h3-4,7-8,11,14,16,19-20,29H,5-6,9-10,12-13,15,17H2,1-2H3,(H,30,31,32). The summed E-state index contributed by atoms with van der Waals surface area (Å²) in [6.07, 6.45) is 6.88. The zero-order valence-corrected chi connectivity index (χ0v) is 21.0. The predicted molar refractivity (Wildman–Crippen MR) is 141 cm³/mol. The third kappa shape index (κ3) is 6.50. The third-order valence-corrected chi connectivity index (χ3v) is 7.16. The molecular formula is C26H33Cl2N5. The molecule has 0 atom stereocenters.